The van der Waals surface area contributed by atoms with E-state index in [-0.39, 0.29) is 5.09 Å². The molecule has 3 rings (SSSR count). The SMILES string of the molecule is Cc1ccccc1C1CCCN1Cc1ccc(S(=O)(=O)N(C)C)o1. The molecule has 0 amide bonds. The van der Waals surface area contributed by atoms with Crippen molar-refractivity contribution in [2.45, 2.75) is 37.4 Å². The highest BCUT2D eigenvalue weighted by molar-refractivity contribution is 7.88. The molecular formula is C18H24N2O3S. The van der Waals surface area contributed by atoms with Crippen LogP contribution < -0.4 is 0 Å². The molecule has 1 atom stereocenters. The Balaban J connectivity index is 1.79. The molecule has 0 aliphatic carbocycles. The number of sulfonamides is 1. The first-order valence-corrected chi connectivity index (χ1v) is 9.64. The summed E-state index contributed by atoms with van der Waals surface area (Å²) in [6, 6.07) is 12.1. The molecule has 1 aliphatic rings. The summed E-state index contributed by atoms with van der Waals surface area (Å²) >= 11 is 0. The lowest BCUT2D eigenvalue weighted by Crippen LogP contribution is -2.23. The minimum atomic E-state index is -3.51. The van der Waals surface area contributed by atoms with Gasteiger partial charge in [0.15, 0.2) is 0 Å². The number of aryl methyl sites for hydroxylation is 1. The van der Waals surface area contributed by atoms with Crippen LogP contribution in [0.15, 0.2) is 45.9 Å². The maximum Gasteiger partial charge on any atom is 0.275 e. The van der Waals surface area contributed by atoms with Crippen LogP contribution in [0, 0.1) is 6.92 Å². The van der Waals surface area contributed by atoms with Crippen LogP contribution in [0.5, 0.6) is 0 Å². The molecule has 0 spiro atoms. The minimum absolute atomic E-state index is 0.00846. The first kappa shape index (κ1) is 17.2. The van der Waals surface area contributed by atoms with Gasteiger partial charge < -0.3 is 4.42 Å². The minimum Gasteiger partial charge on any atom is -0.447 e. The summed E-state index contributed by atoms with van der Waals surface area (Å²) in [5, 5.41) is 0.00846. The van der Waals surface area contributed by atoms with E-state index in [1.54, 1.807) is 12.1 Å². The van der Waals surface area contributed by atoms with Crippen molar-refractivity contribution in [3.63, 3.8) is 0 Å². The molecule has 1 aromatic carbocycles. The summed E-state index contributed by atoms with van der Waals surface area (Å²) in [5.41, 5.74) is 2.65. The molecule has 1 aliphatic heterocycles. The van der Waals surface area contributed by atoms with E-state index in [0.29, 0.717) is 18.3 Å². The molecule has 2 heterocycles. The molecule has 24 heavy (non-hydrogen) atoms. The number of hydrogen-bond acceptors (Lipinski definition) is 4. The standard InChI is InChI=1S/C18H24N2O3S/c1-14-7-4-5-8-16(14)17-9-6-12-20(17)13-15-10-11-18(23-15)24(21,22)19(2)3/h4-5,7-8,10-11,17H,6,9,12-13H2,1-3H3. The van der Waals surface area contributed by atoms with E-state index in [4.69, 9.17) is 4.42 Å². The van der Waals surface area contributed by atoms with Gasteiger partial charge in [-0.05, 0) is 49.6 Å². The van der Waals surface area contributed by atoms with Crippen LogP contribution in [0.25, 0.3) is 0 Å². The zero-order chi connectivity index (χ0) is 17.3. The van der Waals surface area contributed by atoms with E-state index in [0.717, 1.165) is 19.4 Å². The number of rotatable bonds is 5. The Morgan fingerprint density at radius 2 is 1.96 bits per heavy atom. The Labute approximate surface area is 143 Å². The molecule has 130 valence electrons. The predicted molar refractivity (Wildman–Crippen MR) is 93.1 cm³/mol. The number of nitrogens with zero attached hydrogens (tertiary/aromatic N) is 2. The molecular weight excluding hydrogens is 324 g/mol. The highest BCUT2D eigenvalue weighted by atomic mass is 32.2. The second kappa shape index (κ2) is 6.70. The van der Waals surface area contributed by atoms with Gasteiger partial charge >= 0.3 is 0 Å². The van der Waals surface area contributed by atoms with Gasteiger partial charge in [-0.2, -0.15) is 0 Å². The normalized spacial score (nSPS) is 19.2. The molecule has 1 saturated heterocycles. The molecule has 1 aromatic heterocycles. The van der Waals surface area contributed by atoms with Crippen LogP contribution in [-0.4, -0.2) is 38.3 Å². The van der Waals surface area contributed by atoms with E-state index < -0.39 is 10.0 Å². The number of hydrogen-bond donors (Lipinski definition) is 0. The van der Waals surface area contributed by atoms with Crippen molar-refractivity contribution >= 4 is 10.0 Å². The molecule has 1 unspecified atom stereocenters. The smallest absolute Gasteiger partial charge is 0.275 e. The van der Waals surface area contributed by atoms with Crippen molar-refractivity contribution in [3.05, 3.63) is 53.3 Å². The first-order chi connectivity index (χ1) is 11.4. The Bertz CT molecular complexity index is 811. The lowest BCUT2D eigenvalue weighted by molar-refractivity contribution is 0.220. The van der Waals surface area contributed by atoms with Gasteiger partial charge in [-0.15, -0.1) is 0 Å². The van der Waals surface area contributed by atoms with Gasteiger partial charge in [-0.25, -0.2) is 12.7 Å². The number of likely N-dealkylation sites (tertiary alicyclic amines) is 1. The Morgan fingerprint density at radius 3 is 2.67 bits per heavy atom. The van der Waals surface area contributed by atoms with E-state index in [9.17, 15) is 8.42 Å². The Kier molecular flexibility index (Phi) is 4.80. The van der Waals surface area contributed by atoms with Crippen LogP contribution in [-0.2, 0) is 16.6 Å². The maximum absolute atomic E-state index is 12.1. The summed E-state index contributed by atoms with van der Waals surface area (Å²) in [4.78, 5) is 2.37. The lowest BCUT2D eigenvalue weighted by atomic mass is 9.99. The van der Waals surface area contributed by atoms with E-state index >= 15 is 0 Å². The third kappa shape index (κ3) is 3.27. The largest absolute Gasteiger partial charge is 0.447 e. The summed E-state index contributed by atoms with van der Waals surface area (Å²) in [6.45, 7) is 3.76. The van der Waals surface area contributed by atoms with Crippen molar-refractivity contribution in [1.29, 1.82) is 0 Å². The zero-order valence-corrected chi connectivity index (χ0v) is 15.2. The van der Waals surface area contributed by atoms with Crippen molar-refractivity contribution in [2.75, 3.05) is 20.6 Å². The zero-order valence-electron chi connectivity index (χ0n) is 14.4. The van der Waals surface area contributed by atoms with Crippen molar-refractivity contribution in [3.8, 4) is 0 Å². The van der Waals surface area contributed by atoms with Gasteiger partial charge in [0, 0.05) is 20.1 Å². The van der Waals surface area contributed by atoms with Gasteiger partial charge in [-0.1, -0.05) is 24.3 Å². The molecule has 6 heteroatoms. The summed E-state index contributed by atoms with van der Waals surface area (Å²) in [5.74, 6) is 0.691. The van der Waals surface area contributed by atoms with Gasteiger partial charge in [0.2, 0.25) is 5.09 Å². The van der Waals surface area contributed by atoms with E-state index in [1.807, 2.05) is 0 Å². The van der Waals surface area contributed by atoms with Crippen LogP contribution in [0.1, 0.15) is 35.8 Å². The first-order valence-electron chi connectivity index (χ1n) is 8.20. The van der Waals surface area contributed by atoms with Crippen LogP contribution in [0.3, 0.4) is 0 Å². The third-order valence-electron chi connectivity index (χ3n) is 4.64. The summed E-state index contributed by atoms with van der Waals surface area (Å²) in [7, 11) is -0.502. The summed E-state index contributed by atoms with van der Waals surface area (Å²) < 4.78 is 31.0. The molecule has 0 bridgehead atoms. The second-order valence-corrected chi connectivity index (χ2v) is 8.58. The van der Waals surface area contributed by atoms with E-state index in [2.05, 4.69) is 36.1 Å². The highest BCUT2D eigenvalue weighted by Crippen LogP contribution is 2.35. The number of furan rings is 1. The summed E-state index contributed by atoms with van der Waals surface area (Å²) in [6.07, 6.45) is 2.26. The van der Waals surface area contributed by atoms with Crippen LogP contribution >= 0.6 is 0 Å². The molecule has 5 nitrogen and oxygen atoms in total. The fourth-order valence-corrected chi connectivity index (χ4v) is 4.10. The van der Waals surface area contributed by atoms with Crippen LogP contribution in [0.4, 0.5) is 0 Å². The maximum atomic E-state index is 12.1. The monoisotopic (exact) mass is 348 g/mol. The molecule has 0 saturated carbocycles. The highest BCUT2D eigenvalue weighted by Gasteiger charge is 2.28. The van der Waals surface area contributed by atoms with Crippen molar-refractivity contribution in [1.82, 2.24) is 9.21 Å². The van der Waals surface area contributed by atoms with Crippen LogP contribution in [0.2, 0.25) is 0 Å². The fraction of sp³-hybridized carbons (Fsp3) is 0.444. The van der Waals surface area contributed by atoms with Crippen molar-refractivity contribution < 1.29 is 12.8 Å². The predicted octanol–water partition coefficient (Wildman–Crippen LogP) is 3.18. The average molecular weight is 348 g/mol. The number of benzene rings is 1. The average Bonchev–Trinajstić information content (AvgIpc) is 3.18. The van der Waals surface area contributed by atoms with Gasteiger partial charge in [0.25, 0.3) is 10.0 Å². The van der Waals surface area contributed by atoms with Gasteiger partial charge in [0.1, 0.15) is 5.76 Å². The van der Waals surface area contributed by atoms with Crippen molar-refractivity contribution in [2.24, 2.45) is 0 Å². The molecule has 0 N–H and O–H groups in total. The topological polar surface area (TPSA) is 53.8 Å². The Hall–Kier alpha value is -1.63. The Morgan fingerprint density at radius 1 is 1.21 bits per heavy atom. The van der Waals surface area contributed by atoms with Gasteiger partial charge in [-0.3, -0.25) is 4.90 Å². The molecule has 2 aromatic rings. The van der Waals surface area contributed by atoms with E-state index in [1.165, 1.54) is 29.5 Å². The third-order valence-corrected chi connectivity index (χ3v) is 6.33. The fourth-order valence-electron chi connectivity index (χ4n) is 3.29. The molecule has 0 radical (unpaired) electrons. The quantitative estimate of drug-likeness (QED) is 0.833. The van der Waals surface area contributed by atoms with Gasteiger partial charge in [0.05, 0.1) is 6.54 Å². The lowest BCUT2D eigenvalue weighted by Gasteiger charge is -2.25. The molecule has 1 fully saturated rings. The second-order valence-electron chi connectivity index (χ2n) is 6.49.